The maximum Gasteiger partial charge on any atom is 0.167 e. The van der Waals surface area contributed by atoms with E-state index in [1.54, 1.807) is 7.11 Å². The molecule has 1 rings (SSSR count). The molecule has 0 saturated carbocycles. The average molecular weight is 261 g/mol. The van der Waals surface area contributed by atoms with Crippen molar-refractivity contribution >= 4 is 0 Å². The molecule has 1 aromatic carbocycles. The van der Waals surface area contributed by atoms with Gasteiger partial charge in [-0.05, 0) is 19.0 Å². The zero-order valence-corrected chi connectivity index (χ0v) is 11.9. The molecule has 0 spiro atoms. The Labute approximate surface area is 116 Å². The summed E-state index contributed by atoms with van der Waals surface area (Å²) in [5, 5.41) is 3.42. The smallest absolute Gasteiger partial charge is 0.167 e. The highest BCUT2D eigenvalue weighted by atomic mass is 16.5. The zero-order valence-electron chi connectivity index (χ0n) is 11.9. The van der Waals surface area contributed by atoms with E-state index in [4.69, 9.17) is 15.9 Å². The number of hydrogen-bond donors (Lipinski definition) is 1. The van der Waals surface area contributed by atoms with Crippen LogP contribution in [0, 0.1) is 12.3 Å². The lowest BCUT2D eigenvalue weighted by Crippen LogP contribution is -2.15. The summed E-state index contributed by atoms with van der Waals surface area (Å²) in [6.07, 6.45) is 8.93. The van der Waals surface area contributed by atoms with Crippen LogP contribution in [0.3, 0.4) is 0 Å². The third-order valence-electron chi connectivity index (χ3n) is 2.85. The van der Waals surface area contributed by atoms with E-state index in [0.29, 0.717) is 0 Å². The first kappa shape index (κ1) is 15.4. The Morgan fingerprint density at radius 1 is 1.32 bits per heavy atom. The van der Waals surface area contributed by atoms with Crippen LogP contribution in [0.5, 0.6) is 11.5 Å². The van der Waals surface area contributed by atoms with Gasteiger partial charge in [0.15, 0.2) is 11.5 Å². The lowest BCUT2D eigenvalue weighted by molar-refractivity contribution is 0.326. The summed E-state index contributed by atoms with van der Waals surface area (Å²) in [6, 6.07) is 5.87. The monoisotopic (exact) mass is 261 g/mol. The molecule has 0 unspecified atom stereocenters. The predicted molar refractivity (Wildman–Crippen MR) is 78.6 cm³/mol. The summed E-state index contributed by atoms with van der Waals surface area (Å²) in [7, 11) is 1.64. The minimum Gasteiger partial charge on any atom is -0.493 e. The minimum atomic E-state index is 0.253. The molecule has 3 heteroatoms. The van der Waals surface area contributed by atoms with Gasteiger partial charge in [-0.1, -0.05) is 37.8 Å². The van der Waals surface area contributed by atoms with Gasteiger partial charge in [-0.15, -0.1) is 6.42 Å². The molecule has 3 nitrogen and oxygen atoms in total. The van der Waals surface area contributed by atoms with Crippen molar-refractivity contribution < 1.29 is 9.47 Å². The largest absolute Gasteiger partial charge is 0.493 e. The summed E-state index contributed by atoms with van der Waals surface area (Å²) in [5.41, 5.74) is 1.08. The summed E-state index contributed by atoms with van der Waals surface area (Å²) >= 11 is 0. The first-order chi connectivity index (χ1) is 9.33. The molecule has 0 heterocycles. The molecule has 0 fully saturated rings. The van der Waals surface area contributed by atoms with Gasteiger partial charge in [0.1, 0.15) is 6.61 Å². The Morgan fingerprint density at radius 3 is 2.84 bits per heavy atom. The van der Waals surface area contributed by atoms with Gasteiger partial charge in [0.2, 0.25) is 0 Å². The molecule has 0 aromatic heterocycles. The van der Waals surface area contributed by atoms with E-state index in [1.165, 1.54) is 19.3 Å². The van der Waals surface area contributed by atoms with Gasteiger partial charge in [-0.3, -0.25) is 0 Å². The van der Waals surface area contributed by atoms with E-state index in [9.17, 15) is 0 Å². The molecular formula is C16H23NO2. The third kappa shape index (κ3) is 5.23. The van der Waals surface area contributed by atoms with Crippen LogP contribution in [0.2, 0.25) is 0 Å². The van der Waals surface area contributed by atoms with E-state index in [2.05, 4.69) is 18.2 Å². The van der Waals surface area contributed by atoms with Crippen molar-refractivity contribution in [1.82, 2.24) is 5.32 Å². The zero-order chi connectivity index (χ0) is 13.9. The highest BCUT2D eigenvalue weighted by Gasteiger charge is 2.09. The van der Waals surface area contributed by atoms with Crippen molar-refractivity contribution in [3.8, 4) is 23.8 Å². The maximum atomic E-state index is 5.59. The fourth-order valence-electron chi connectivity index (χ4n) is 1.86. The van der Waals surface area contributed by atoms with Gasteiger partial charge >= 0.3 is 0 Å². The fraction of sp³-hybridized carbons (Fsp3) is 0.500. The van der Waals surface area contributed by atoms with E-state index < -0.39 is 0 Å². The number of nitrogens with one attached hydrogen (secondary N) is 1. The quantitative estimate of drug-likeness (QED) is 0.547. The van der Waals surface area contributed by atoms with Crippen LogP contribution in [-0.4, -0.2) is 20.3 Å². The number of terminal acetylenes is 1. The Hall–Kier alpha value is -1.66. The number of ether oxygens (including phenoxy) is 2. The fourth-order valence-corrected chi connectivity index (χ4v) is 1.86. The summed E-state index contributed by atoms with van der Waals surface area (Å²) in [6.45, 7) is 4.23. The highest BCUT2D eigenvalue weighted by Crippen LogP contribution is 2.30. The standard InChI is InChI=1S/C16H23NO2/c1-4-6-7-11-17-13-14-9-8-10-15(18-3)16(14)19-12-5-2/h2,8-10,17H,4,6-7,11-13H2,1,3H3. The van der Waals surface area contributed by atoms with Gasteiger partial charge in [-0.2, -0.15) is 0 Å². The van der Waals surface area contributed by atoms with Crippen LogP contribution in [-0.2, 0) is 6.54 Å². The number of benzene rings is 1. The predicted octanol–water partition coefficient (Wildman–Crippen LogP) is 2.99. The molecule has 0 atom stereocenters. The van der Waals surface area contributed by atoms with Gasteiger partial charge in [0.25, 0.3) is 0 Å². The number of para-hydroxylation sites is 1. The number of unbranched alkanes of at least 4 members (excludes halogenated alkanes) is 2. The first-order valence-electron chi connectivity index (χ1n) is 6.76. The molecule has 19 heavy (non-hydrogen) atoms. The molecule has 0 aliphatic carbocycles. The van der Waals surface area contributed by atoms with Crippen molar-refractivity contribution in [2.24, 2.45) is 0 Å². The molecule has 1 aromatic rings. The number of rotatable bonds is 9. The van der Waals surface area contributed by atoms with Crippen LogP contribution in [0.4, 0.5) is 0 Å². The topological polar surface area (TPSA) is 30.5 Å². The second-order valence-electron chi connectivity index (χ2n) is 4.33. The van der Waals surface area contributed by atoms with Crippen LogP contribution in [0.15, 0.2) is 18.2 Å². The lowest BCUT2D eigenvalue weighted by Gasteiger charge is -2.14. The van der Waals surface area contributed by atoms with E-state index >= 15 is 0 Å². The van der Waals surface area contributed by atoms with Gasteiger partial charge < -0.3 is 14.8 Å². The highest BCUT2D eigenvalue weighted by molar-refractivity contribution is 5.46. The Kier molecular flexibility index (Phi) is 7.53. The van der Waals surface area contributed by atoms with Crippen molar-refractivity contribution in [3.63, 3.8) is 0 Å². The molecule has 0 saturated heterocycles. The average Bonchev–Trinajstić information content (AvgIpc) is 2.45. The van der Waals surface area contributed by atoms with Crippen LogP contribution >= 0.6 is 0 Å². The summed E-state index contributed by atoms with van der Waals surface area (Å²) < 4.78 is 10.9. The Balaban J connectivity index is 2.62. The molecule has 0 aliphatic heterocycles. The van der Waals surface area contributed by atoms with Crippen molar-refractivity contribution in [1.29, 1.82) is 0 Å². The van der Waals surface area contributed by atoms with E-state index in [0.717, 1.165) is 30.2 Å². The minimum absolute atomic E-state index is 0.253. The van der Waals surface area contributed by atoms with Crippen LogP contribution in [0.1, 0.15) is 31.7 Å². The molecule has 0 aliphatic rings. The number of methoxy groups -OCH3 is 1. The van der Waals surface area contributed by atoms with Gasteiger partial charge in [-0.25, -0.2) is 0 Å². The molecule has 0 radical (unpaired) electrons. The molecular weight excluding hydrogens is 238 g/mol. The molecule has 104 valence electrons. The number of hydrogen-bond acceptors (Lipinski definition) is 3. The Morgan fingerprint density at radius 2 is 2.16 bits per heavy atom. The van der Waals surface area contributed by atoms with Gasteiger partial charge in [0, 0.05) is 12.1 Å². The normalized spacial score (nSPS) is 9.95. The maximum absolute atomic E-state index is 5.59. The van der Waals surface area contributed by atoms with Crippen LogP contribution < -0.4 is 14.8 Å². The van der Waals surface area contributed by atoms with Gasteiger partial charge in [0.05, 0.1) is 7.11 Å². The SMILES string of the molecule is C#CCOc1c(CNCCCCC)cccc1OC. The van der Waals surface area contributed by atoms with E-state index in [1.807, 2.05) is 18.2 Å². The molecule has 1 N–H and O–H groups in total. The van der Waals surface area contributed by atoms with Crippen molar-refractivity contribution in [2.75, 3.05) is 20.3 Å². The first-order valence-corrected chi connectivity index (χ1v) is 6.76. The van der Waals surface area contributed by atoms with Crippen molar-refractivity contribution in [3.05, 3.63) is 23.8 Å². The lowest BCUT2D eigenvalue weighted by atomic mass is 10.1. The second kappa shape index (κ2) is 9.29. The summed E-state index contributed by atoms with van der Waals surface area (Å²) in [5.74, 6) is 3.95. The summed E-state index contributed by atoms with van der Waals surface area (Å²) in [4.78, 5) is 0. The Bertz CT molecular complexity index is 410. The molecule has 0 amide bonds. The third-order valence-corrected chi connectivity index (χ3v) is 2.85. The molecule has 0 bridgehead atoms. The van der Waals surface area contributed by atoms with Crippen molar-refractivity contribution in [2.45, 2.75) is 32.7 Å². The van der Waals surface area contributed by atoms with Crippen LogP contribution in [0.25, 0.3) is 0 Å². The van der Waals surface area contributed by atoms with E-state index in [-0.39, 0.29) is 6.61 Å². The second-order valence-corrected chi connectivity index (χ2v) is 4.33.